The van der Waals surface area contributed by atoms with Gasteiger partial charge in [-0.2, -0.15) is 0 Å². The number of aryl methyl sites for hydroxylation is 3. The number of thiazole rings is 1. The van der Waals surface area contributed by atoms with E-state index in [9.17, 15) is 4.79 Å². The maximum atomic E-state index is 13.3. The van der Waals surface area contributed by atoms with Crippen LogP contribution in [0.3, 0.4) is 0 Å². The molecule has 0 radical (unpaired) electrons. The van der Waals surface area contributed by atoms with E-state index >= 15 is 0 Å². The third kappa shape index (κ3) is 5.70. The number of amides is 1. The number of carbonyl (C=O) groups excluding carboxylic acids is 1. The molecule has 4 rings (SSSR count). The molecular formula is C25H31N3O2S. The fourth-order valence-corrected chi connectivity index (χ4v) is 5.29. The molecule has 3 aromatic rings. The van der Waals surface area contributed by atoms with Gasteiger partial charge in [0.2, 0.25) is 5.91 Å². The number of rotatable bonds is 8. The van der Waals surface area contributed by atoms with Crippen LogP contribution in [0.5, 0.6) is 0 Å². The highest BCUT2D eigenvalue weighted by Crippen LogP contribution is 2.32. The Morgan fingerprint density at radius 3 is 2.71 bits per heavy atom. The quantitative estimate of drug-likeness (QED) is 0.517. The topological polar surface area (TPSA) is 45.7 Å². The normalized spacial score (nSPS) is 14.8. The highest BCUT2D eigenvalue weighted by atomic mass is 32.1. The Balaban J connectivity index is 1.49. The van der Waals surface area contributed by atoms with Crippen molar-refractivity contribution >= 4 is 32.6 Å². The molecule has 1 aliphatic heterocycles. The van der Waals surface area contributed by atoms with Crippen molar-refractivity contribution in [2.75, 3.05) is 44.3 Å². The number of ether oxygens (including phenoxy) is 1. The minimum Gasteiger partial charge on any atom is -0.379 e. The highest BCUT2D eigenvalue weighted by Gasteiger charge is 2.21. The summed E-state index contributed by atoms with van der Waals surface area (Å²) in [5.41, 5.74) is 4.61. The maximum absolute atomic E-state index is 13.3. The summed E-state index contributed by atoms with van der Waals surface area (Å²) < 4.78 is 6.60. The minimum atomic E-state index is 0.152. The Hall–Kier alpha value is -2.28. The lowest BCUT2D eigenvalue weighted by Gasteiger charge is -2.27. The zero-order valence-corrected chi connectivity index (χ0v) is 19.3. The summed E-state index contributed by atoms with van der Waals surface area (Å²) in [5, 5.41) is 0.823. The summed E-state index contributed by atoms with van der Waals surface area (Å²) in [4.78, 5) is 22.5. The Morgan fingerprint density at radius 2 is 1.94 bits per heavy atom. The van der Waals surface area contributed by atoms with Crippen LogP contribution in [-0.4, -0.2) is 55.2 Å². The van der Waals surface area contributed by atoms with Crippen LogP contribution in [-0.2, 0) is 16.0 Å². The Morgan fingerprint density at radius 1 is 1.16 bits per heavy atom. The molecule has 0 bridgehead atoms. The maximum Gasteiger partial charge on any atom is 0.229 e. The first-order valence-corrected chi connectivity index (χ1v) is 11.9. The van der Waals surface area contributed by atoms with E-state index in [0.717, 1.165) is 61.0 Å². The predicted molar refractivity (Wildman–Crippen MR) is 128 cm³/mol. The van der Waals surface area contributed by atoms with Crippen molar-refractivity contribution in [3.05, 3.63) is 59.2 Å². The van der Waals surface area contributed by atoms with Crippen LogP contribution in [0.2, 0.25) is 0 Å². The number of morpholine rings is 1. The second-order valence-corrected chi connectivity index (χ2v) is 9.27. The van der Waals surface area contributed by atoms with E-state index in [0.29, 0.717) is 13.0 Å². The van der Waals surface area contributed by atoms with Gasteiger partial charge >= 0.3 is 0 Å². The third-order valence-electron chi connectivity index (χ3n) is 5.78. The number of fused-ring (bicyclic) bond motifs is 1. The minimum absolute atomic E-state index is 0.152. The molecular weight excluding hydrogens is 406 g/mol. The molecule has 0 spiro atoms. The first-order chi connectivity index (χ1) is 15.1. The van der Waals surface area contributed by atoms with Crippen molar-refractivity contribution in [1.29, 1.82) is 0 Å². The van der Waals surface area contributed by atoms with Gasteiger partial charge in [-0.1, -0.05) is 47.7 Å². The molecule has 0 saturated carbocycles. The zero-order valence-electron chi connectivity index (χ0n) is 18.5. The zero-order chi connectivity index (χ0) is 21.6. The van der Waals surface area contributed by atoms with Gasteiger partial charge in [-0.3, -0.25) is 14.6 Å². The lowest BCUT2D eigenvalue weighted by molar-refractivity contribution is -0.118. The van der Waals surface area contributed by atoms with E-state index in [1.165, 1.54) is 16.7 Å². The highest BCUT2D eigenvalue weighted by molar-refractivity contribution is 7.22. The fourth-order valence-electron chi connectivity index (χ4n) is 4.11. The van der Waals surface area contributed by atoms with Crippen LogP contribution < -0.4 is 4.90 Å². The SMILES string of the molecule is Cc1cc(C)c2nc(N(CCCN3CCOCC3)C(=O)CCc3ccccc3)sc2c1. The Labute approximate surface area is 188 Å². The molecule has 5 nitrogen and oxygen atoms in total. The van der Waals surface area contributed by atoms with Crippen LogP contribution in [0.15, 0.2) is 42.5 Å². The Kier molecular flexibility index (Phi) is 7.33. The van der Waals surface area contributed by atoms with Gasteiger partial charge < -0.3 is 4.74 Å². The van der Waals surface area contributed by atoms with Crippen molar-refractivity contribution in [2.45, 2.75) is 33.1 Å². The van der Waals surface area contributed by atoms with E-state index < -0.39 is 0 Å². The second kappa shape index (κ2) is 10.4. The number of hydrogen-bond donors (Lipinski definition) is 0. The van der Waals surface area contributed by atoms with Gasteiger partial charge in [0.25, 0.3) is 0 Å². The fraction of sp³-hybridized carbons (Fsp3) is 0.440. The van der Waals surface area contributed by atoms with Gasteiger partial charge in [0.1, 0.15) is 0 Å². The first kappa shape index (κ1) is 21.9. The third-order valence-corrected chi connectivity index (χ3v) is 6.81. The molecule has 1 aromatic heterocycles. The van der Waals surface area contributed by atoms with Gasteiger partial charge in [-0.25, -0.2) is 4.98 Å². The summed E-state index contributed by atoms with van der Waals surface area (Å²) in [7, 11) is 0. The lowest BCUT2D eigenvalue weighted by atomic mass is 10.1. The van der Waals surface area contributed by atoms with E-state index in [1.54, 1.807) is 11.3 Å². The van der Waals surface area contributed by atoms with Gasteiger partial charge in [0.15, 0.2) is 5.13 Å². The van der Waals surface area contributed by atoms with Crippen LogP contribution in [0.1, 0.15) is 29.5 Å². The van der Waals surface area contributed by atoms with Gasteiger partial charge in [-0.05, 0) is 49.4 Å². The number of aromatic nitrogens is 1. The molecule has 1 aliphatic rings. The van der Waals surface area contributed by atoms with Crippen LogP contribution in [0.25, 0.3) is 10.2 Å². The van der Waals surface area contributed by atoms with Gasteiger partial charge in [-0.15, -0.1) is 0 Å². The number of carbonyl (C=O) groups is 1. The summed E-state index contributed by atoms with van der Waals surface area (Å²) >= 11 is 1.63. The number of hydrogen-bond acceptors (Lipinski definition) is 5. The monoisotopic (exact) mass is 437 g/mol. The number of nitrogens with zero attached hydrogens (tertiary/aromatic N) is 3. The number of anilines is 1. The average Bonchev–Trinajstić information content (AvgIpc) is 3.20. The molecule has 0 unspecified atom stereocenters. The van der Waals surface area contributed by atoms with Crippen molar-refractivity contribution in [1.82, 2.24) is 9.88 Å². The van der Waals surface area contributed by atoms with Crippen molar-refractivity contribution in [2.24, 2.45) is 0 Å². The molecule has 0 N–H and O–H groups in total. The molecule has 31 heavy (non-hydrogen) atoms. The van der Waals surface area contributed by atoms with Crippen molar-refractivity contribution in [3.63, 3.8) is 0 Å². The summed E-state index contributed by atoms with van der Waals surface area (Å²) in [6, 6.07) is 14.6. The summed E-state index contributed by atoms with van der Waals surface area (Å²) in [6.07, 6.45) is 2.18. The largest absolute Gasteiger partial charge is 0.379 e. The Bertz CT molecular complexity index is 1010. The summed E-state index contributed by atoms with van der Waals surface area (Å²) in [6.45, 7) is 9.43. The predicted octanol–water partition coefficient (Wildman–Crippen LogP) is 4.60. The van der Waals surface area contributed by atoms with E-state index in [2.05, 4.69) is 43.0 Å². The molecule has 6 heteroatoms. The molecule has 0 atom stereocenters. The molecule has 0 aliphatic carbocycles. The van der Waals surface area contributed by atoms with E-state index in [-0.39, 0.29) is 5.91 Å². The molecule has 2 heterocycles. The molecule has 1 fully saturated rings. The van der Waals surface area contributed by atoms with Gasteiger partial charge in [0.05, 0.1) is 23.4 Å². The number of benzene rings is 2. The van der Waals surface area contributed by atoms with Crippen LogP contribution in [0, 0.1) is 13.8 Å². The molecule has 1 amide bonds. The first-order valence-electron chi connectivity index (χ1n) is 11.1. The van der Waals surface area contributed by atoms with Crippen LogP contribution >= 0.6 is 11.3 Å². The molecule has 2 aromatic carbocycles. The van der Waals surface area contributed by atoms with Crippen molar-refractivity contribution < 1.29 is 9.53 Å². The average molecular weight is 438 g/mol. The van der Waals surface area contributed by atoms with Crippen molar-refractivity contribution in [3.8, 4) is 0 Å². The van der Waals surface area contributed by atoms with Crippen LogP contribution in [0.4, 0.5) is 5.13 Å². The van der Waals surface area contributed by atoms with Gasteiger partial charge in [0, 0.05) is 32.6 Å². The lowest BCUT2D eigenvalue weighted by Crippen LogP contribution is -2.39. The standard InChI is InChI=1S/C25H31N3O2S/c1-19-17-20(2)24-22(18-19)31-25(26-24)28(12-6-11-27-13-15-30-16-14-27)23(29)10-9-21-7-4-3-5-8-21/h3-5,7-8,17-18H,6,9-16H2,1-2H3. The smallest absolute Gasteiger partial charge is 0.229 e. The molecule has 164 valence electrons. The van der Waals surface area contributed by atoms with E-state index in [4.69, 9.17) is 9.72 Å². The van der Waals surface area contributed by atoms with E-state index in [1.807, 2.05) is 23.1 Å². The molecule has 1 saturated heterocycles. The summed E-state index contributed by atoms with van der Waals surface area (Å²) in [5.74, 6) is 0.152. The second-order valence-electron chi connectivity index (χ2n) is 8.26.